The van der Waals surface area contributed by atoms with Crippen molar-refractivity contribution in [3.05, 3.63) is 82.8 Å². The molecule has 0 aliphatic rings. The standard InChI is InChI=1S/C21H18N2O6S/c1-30(28,29)18-8-5-14(6-9-18)15-3-2-4-16(11-15)21(27)22-17-7-10-19(24)23(12-17)13-20(25)26/h2-12H,13H2,1H3,(H,22,27)(H,25,26). The fraction of sp³-hybridized carbons (Fsp3) is 0.0952. The highest BCUT2D eigenvalue weighted by atomic mass is 32.2. The predicted molar refractivity (Wildman–Crippen MR) is 111 cm³/mol. The van der Waals surface area contributed by atoms with Crippen molar-refractivity contribution < 1.29 is 23.1 Å². The van der Waals surface area contributed by atoms with Crippen LogP contribution in [0.15, 0.2) is 76.6 Å². The molecular weight excluding hydrogens is 408 g/mol. The Morgan fingerprint density at radius 3 is 2.33 bits per heavy atom. The number of pyridine rings is 1. The van der Waals surface area contributed by atoms with Crippen molar-refractivity contribution in [3.63, 3.8) is 0 Å². The van der Waals surface area contributed by atoms with E-state index in [-0.39, 0.29) is 10.6 Å². The number of carboxylic acids is 1. The molecule has 0 saturated carbocycles. The van der Waals surface area contributed by atoms with E-state index in [9.17, 15) is 22.8 Å². The quantitative estimate of drug-likeness (QED) is 0.623. The molecule has 0 bridgehead atoms. The van der Waals surface area contributed by atoms with Crippen LogP contribution in [0.25, 0.3) is 11.1 Å². The normalized spacial score (nSPS) is 11.1. The molecule has 154 valence electrons. The largest absolute Gasteiger partial charge is 0.480 e. The van der Waals surface area contributed by atoms with Gasteiger partial charge in [-0.15, -0.1) is 0 Å². The van der Waals surface area contributed by atoms with Crippen LogP contribution in [-0.4, -0.2) is 36.2 Å². The molecule has 1 aromatic heterocycles. The van der Waals surface area contributed by atoms with E-state index in [0.717, 1.165) is 21.9 Å². The predicted octanol–water partition coefficient (Wildman–Crippen LogP) is 2.26. The minimum absolute atomic E-state index is 0.205. The Kier molecular flexibility index (Phi) is 5.84. The highest BCUT2D eigenvalue weighted by Crippen LogP contribution is 2.23. The Hall–Kier alpha value is -3.72. The molecule has 0 saturated heterocycles. The topological polar surface area (TPSA) is 123 Å². The number of aromatic nitrogens is 1. The van der Waals surface area contributed by atoms with Gasteiger partial charge < -0.3 is 15.0 Å². The number of hydrogen-bond donors (Lipinski definition) is 2. The fourth-order valence-electron chi connectivity index (χ4n) is 2.81. The first-order chi connectivity index (χ1) is 14.1. The van der Waals surface area contributed by atoms with Crippen LogP contribution in [0.3, 0.4) is 0 Å². The van der Waals surface area contributed by atoms with E-state index in [1.165, 1.54) is 30.5 Å². The zero-order chi connectivity index (χ0) is 21.9. The van der Waals surface area contributed by atoms with E-state index in [4.69, 9.17) is 5.11 Å². The van der Waals surface area contributed by atoms with Crippen LogP contribution in [0.1, 0.15) is 10.4 Å². The summed E-state index contributed by atoms with van der Waals surface area (Å²) in [6.07, 6.45) is 2.40. The first-order valence-corrected chi connectivity index (χ1v) is 10.7. The van der Waals surface area contributed by atoms with E-state index >= 15 is 0 Å². The maximum Gasteiger partial charge on any atom is 0.323 e. The van der Waals surface area contributed by atoms with Gasteiger partial charge in [-0.2, -0.15) is 0 Å². The third-order valence-corrected chi connectivity index (χ3v) is 5.42. The molecule has 0 atom stereocenters. The zero-order valence-corrected chi connectivity index (χ0v) is 16.7. The number of carboxylic acid groups (broad SMARTS) is 1. The molecule has 0 aliphatic heterocycles. The SMILES string of the molecule is CS(=O)(=O)c1ccc(-c2cccc(C(=O)Nc3ccc(=O)n(CC(=O)O)c3)c2)cc1. The smallest absolute Gasteiger partial charge is 0.323 e. The molecule has 0 fully saturated rings. The maximum atomic E-state index is 12.6. The molecule has 0 aliphatic carbocycles. The summed E-state index contributed by atoms with van der Waals surface area (Å²) >= 11 is 0. The van der Waals surface area contributed by atoms with Gasteiger partial charge in [0, 0.05) is 24.1 Å². The van der Waals surface area contributed by atoms with Gasteiger partial charge in [0.2, 0.25) is 0 Å². The summed E-state index contributed by atoms with van der Waals surface area (Å²) < 4.78 is 24.2. The number of carbonyl (C=O) groups is 2. The van der Waals surface area contributed by atoms with E-state index in [1.54, 1.807) is 36.4 Å². The Morgan fingerprint density at radius 1 is 1.00 bits per heavy atom. The summed E-state index contributed by atoms with van der Waals surface area (Å²) in [6, 6.07) is 15.6. The molecule has 0 radical (unpaired) electrons. The van der Waals surface area contributed by atoms with Crippen LogP contribution in [0.2, 0.25) is 0 Å². The second-order valence-corrected chi connectivity index (χ2v) is 8.62. The molecule has 1 heterocycles. The number of nitrogens with one attached hydrogen (secondary N) is 1. The summed E-state index contributed by atoms with van der Waals surface area (Å²) in [4.78, 5) is 35.4. The molecule has 3 aromatic rings. The number of hydrogen-bond acceptors (Lipinski definition) is 5. The third kappa shape index (κ3) is 5.00. The Morgan fingerprint density at radius 2 is 1.70 bits per heavy atom. The molecule has 3 rings (SSSR count). The maximum absolute atomic E-state index is 12.6. The van der Waals surface area contributed by atoms with Crippen molar-refractivity contribution in [2.24, 2.45) is 0 Å². The molecule has 0 spiro atoms. The molecule has 0 unspecified atom stereocenters. The van der Waals surface area contributed by atoms with Gasteiger partial charge in [-0.1, -0.05) is 24.3 Å². The Labute approximate surface area is 172 Å². The minimum Gasteiger partial charge on any atom is -0.480 e. The van der Waals surface area contributed by atoms with E-state index in [0.29, 0.717) is 5.56 Å². The lowest BCUT2D eigenvalue weighted by Crippen LogP contribution is -2.24. The first kappa shape index (κ1) is 21.0. The fourth-order valence-corrected chi connectivity index (χ4v) is 3.44. The number of benzene rings is 2. The number of aliphatic carboxylic acids is 1. The van der Waals surface area contributed by atoms with E-state index in [2.05, 4.69) is 5.32 Å². The van der Waals surface area contributed by atoms with Crippen LogP contribution in [0.5, 0.6) is 0 Å². The summed E-state index contributed by atoms with van der Waals surface area (Å²) in [5.41, 5.74) is 1.60. The molecule has 1 amide bonds. The molecule has 9 heteroatoms. The summed E-state index contributed by atoms with van der Waals surface area (Å²) in [6.45, 7) is -0.512. The van der Waals surface area contributed by atoms with Gasteiger partial charge >= 0.3 is 5.97 Å². The van der Waals surface area contributed by atoms with Gasteiger partial charge in [-0.25, -0.2) is 8.42 Å². The van der Waals surface area contributed by atoms with Gasteiger partial charge in [0.15, 0.2) is 9.84 Å². The second-order valence-electron chi connectivity index (χ2n) is 6.61. The van der Waals surface area contributed by atoms with Crippen LogP contribution in [0, 0.1) is 0 Å². The van der Waals surface area contributed by atoms with Crippen molar-refractivity contribution in [2.75, 3.05) is 11.6 Å². The lowest BCUT2D eigenvalue weighted by molar-refractivity contribution is -0.137. The van der Waals surface area contributed by atoms with E-state index < -0.39 is 33.8 Å². The lowest BCUT2D eigenvalue weighted by Gasteiger charge is -2.09. The summed E-state index contributed by atoms with van der Waals surface area (Å²) in [5, 5.41) is 11.5. The first-order valence-electron chi connectivity index (χ1n) is 8.78. The van der Waals surface area contributed by atoms with Crippen molar-refractivity contribution in [1.29, 1.82) is 0 Å². The van der Waals surface area contributed by atoms with Crippen molar-refractivity contribution in [2.45, 2.75) is 11.4 Å². The molecule has 30 heavy (non-hydrogen) atoms. The Balaban J connectivity index is 1.83. The van der Waals surface area contributed by atoms with Crippen molar-refractivity contribution in [3.8, 4) is 11.1 Å². The highest BCUT2D eigenvalue weighted by molar-refractivity contribution is 7.90. The van der Waals surface area contributed by atoms with Crippen LogP contribution < -0.4 is 10.9 Å². The average Bonchev–Trinajstić information content (AvgIpc) is 2.69. The van der Waals surface area contributed by atoms with Gasteiger partial charge in [-0.3, -0.25) is 14.4 Å². The van der Waals surface area contributed by atoms with Gasteiger partial charge in [0.25, 0.3) is 11.5 Å². The molecule has 2 N–H and O–H groups in total. The monoisotopic (exact) mass is 426 g/mol. The highest BCUT2D eigenvalue weighted by Gasteiger charge is 2.11. The minimum atomic E-state index is -3.30. The number of anilines is 1. The summed E-state index contributed by atoms with van der Waals surface area (Å²) in [7, 11) is -3.30. The van der Waals surface area contributed by atoms with Gasteiger partial charge in [0.05, 0.1) is 10.6 Å². The van der Waals surface area contributed by atoms with Crippen molar-refractivity contribution in [1.82, 2.24) is 4.57 Å². The Bertz CT molecular complexity index is 1280. The number of nitrogens with zero attached hydrogens (tertiary/aromatic N) is 1. The molecule has 2 aromatic carbocycles. The van der Waals surface area contributed by atoms with Crippen LogP contribution >= 0.6 is 0 Å². The second kappa shape index (κ2) is 8.34. The average molecular weight is 426 g/mol. The van der Waals surface area contributed by atoms with Crippen molar-refractivity contribution >= 4 is 27.4 Å². The van der Waals surface area contributed by atoms with Gasteiger partial charge in [0.1, 0.15) is 6.54 Å². The summed E-state index contributed by atoms with van der Waals surface area (Å²) in [5.74, 6) is -1.61. The third-order valence-electron chi connectivity index (χ3n) is 4.29. The number of amides is 1. The van der Waals surface area contributed by atoms with E-state index in [1.807, 2.05) is 0 Å². The number of rotatable bonds is 6. The van der Waals surface area contributed by atoms with Crippen LogP contribution in [0.4, 0.5) is 5.69 Å². The van der Waals surface area contributed by atoms with Gasteiger partial charge in [-0.05, 0) is 41.5 Å². The van der Waals surface area contributed by atoms with Crippen LogP contribution in [-0.2, 0) is 21.2 Å². The molecular formula is C21H18N2O6S. The number of sulfone groups is 1. The molecule has 8 nitrogen and oxygen atoms in total. The zero-order valence-electron chi connectivity index (χ0n) is 15.9. The number of carbonyl (C=O) groups excluding carboxylic acids is 1. The lowest BCUT2D eigenvalue weighted by atomic mass is 10.0.